The second-order valence-electron chi connectivity index (χ2n) is 6.67. The molecule has 0 radical (unpaired) electrons. The first kappa shape index (κ1) is 16.8. The summed E-state index contributed by atoms with van der Waals surface area (Å²) in [6.07, 6.45) is 2.28. The highest BCUT2D eigenvalue weighted by atomic mass is 32.1. The van der Waals surface area contributed by atoms with Crippen molar-refractivity contribution in [1.82, 2.24) is 10.3 Å². The van der Waals surface area contributed by atoms with E-state index >= 15 is 0 Å². The van der Waals surface area contributed by atoms with E-state index in [0.29, 0.717) is 6.10 Å². The van der Waals surface area contributed by atoms with E-state index in [2.05, 4.69) is 59.6 Å². The van der Waals surface area contributed by atoms with Crippen molar-refractivity contribution in [2.24, 2.45) is 0 Å². The third kappa shape index (κ3) is 3.94. The van der Waals surface area contributed by atoms with Gasteiger partial charge in [0.25, 0.3) is 0 Å². The fourth-order valence-electron chi connectivity index (χ4n) is 3.25. The molecule has 0 saturated carbocycles. The van der Waals surface area contributed by atoms with Crippen LogP contribution in [0.4, 0.5) is 0 Å². The number of aromatic nitrogens is 1. The molecule has 0 aliphatic carbocycles. The van der Waals surface area contributed by atoms with Gasteiger partial charge in [0.1, 0.15) is 16.9 Å². The molecule has 0 spiro atoms. The first-order valence-electron chi connectivity index (χ1n) is 8.62. The van der Waals surface area contributed by atoms with Gasteiger partial charge in [-0.25, -0.2) is 4.98 Å². The van der Waals surface area contributed by atoms with Crippen LogP contribution >= 0.6 is 22.7 Å². The van der Waals surface area contributed by atoms with Gasteiger partial charge in [-0.2, -0.15) is 11.3 Å². The molecule has 1 aliphatic heterocycles. The highest BCUT2D eigenvalue weighted by Gasteiger charge is 2.20. The van der Waals surface area contributed by atoms with Crippen LogP contribution in [-0.4, -0.2) is 11.1 Å². The van der Waals surface area contributed by atoms with Crippen LogP contribution in [0.5, 0.6) is 5.75 Å². The largest absolute Gasteiger partial charge is 0.490 e. The lowest BCUT2D eigenvalue weighted by Crippen LogP contribution is -2.23. The zero-order chi connectivity index (χ0) is 17.2. The maximum Gasteiger partial charge on any atom is 0.123 e. The van der Waals surface area contributed by atoms with E-state index in [4.69, 9.17) is 9.72 Å². The summed E-state index contributed by atoms with van der Waals surface area (Å²) in [7, 11) is 0. The fraction of sp³-hybridized carbons (Fsp3) is 0.350. The number of aryl methyl sites for hydroxylation is 1. The number of thiazole rings is 1. The molecule has 3 heterocycles. The van der Waals surface area contributed by atoms with Crippen LogP contribution in [0.1, 0.15) is 40.4 Å². The number of hydrogen-bond donors (Lipinski definition) is 1. The van der Waals surface area contributed by atoms with Crippen LogP contribution < -0.4 is 10.1 Å². The number of thiophene rings is 1. The zero-order valence-corrected chi connectivity index (χ0v) is 16.1. The second-order valence-corrected chi connectivity index (χ2v) is 8.34. The normalized spacial score (nSPS) is 17.3. The summed E-state index contributed by atoms with van der Waals surface area (Å²) >= 11 is 3.50. The molecule has 1 aliphatic rings. The van der Waals surface area contributed by atoms with E-state index in [1.165, 1.54) is 21.7 Å². The summed E-state index contributed by atoms with van der Waals surface area (Å²) in [4.78, 5) is 4.71. The van der Waals surface area contributed by atoms with Gasteiger partial charge in [0, 0.05) is 24.0 Å². The maximum absolute atomic E-state index is 5.80. The van der Waals surface area contributed by atoms with Crippen LogP contribution in [0.25, 0.3) is 0 Å². The lowest BCUT2D eigenvalue weighted by atomic mass is 10.1. The van der Waals surface area contributed by atoms with E-state index in [9.17, 15) is 0 Å². The Hall–Kier alpha value is -1.69. The Morgan fingerprint density at radius 3 is 2.96 bits per heavy atom. The number of ether oxygens (including phenoxy) is 1. The Kier molecular flexibility index (Phi) is 4.88. The summed E-state index contributed by atoms with van der Waals surface area (Å²) < 4.78 is 5.80. The molecule has 1 N–H and O–H groups in total. The first-order chi connectivity index (χ1) is 12.2. The van der Waals surface area contributed by atoms with Crippen molar-refractivity contribution in [2.45, 2.75) is 45.4 Å². The number of nitrogens with zero attached hydrogens (tertiary/aromatic N) is 1. The van der Waals surface area contributed by atoms with Crippen molar-refractivity contribution in [1.29, 1.82) is 0 Å². The van der Waals surface area contributed by atoms with E-state index in [1.807, 2.05) is 0 Å². The monoisotopic (exact) mass is 370 g/mol. The number of hydrogen-bond acceptors (Lipinski definition) is 5. The highest BCUT2D eigenvalue weighted by molar-refractivity contribution is 7.09. The van der Waals surface area contributed by atoms with E-state index in [-0.39, 0.29) is 6.04 Å². The number of nitrogens with one attached hydrogen (secondary N) is 1. The average molecular weight is 371 g/mol. The summed E-state index contributed by atoms with van der Waals surface area (Å²) in [6.45, 7) is 5.03. The second kappa shape index (κ2) is 7.28. The lowest BCUT2D eigenvalue weighted by molar-refractivity contribution is 0.254. The van der Waals surface area contributed by atoms with Crippen molar-refractivity contribution in [2.75, 3.05) is 0 Å². The van der Waals surface area contributed by atoms with Crippen molar-refractivity contribution >= 4 is 22.7 Å². The van der Waals surface area contributed by atoms with Gasteiger partial charge >= 0.3 is 0 Å². The molecular formula is C20H22N2OS2. The topological polar surface area (TPSA) is 34.1 Å². The quantitative estimate of drug-likeness (QED) is 0.669. The highest BCUT2D eigenvalue weighted by Crippen LogP contribution is 2.30. The van der Waals surface area contributed by atoms with Crippen LogP contribution in [0.2, 0.25) is 0 Å². The predicted molar refractivity (Wildman–Crippen MR) is 105 cm³/mol. The molecule has 3 aromatic rings. The lowest BCUT2D eigenvalue weighted by Gasteiger charge is -2.16. The zero-order valence-electron chi connectivity index (χ0n) is 14.5. The summed E-state index contributed by atoms with van der Waals surface area (Å²) in [5, 5.41) is 11.4. The van der Waals surface area contributed by atoms with Gasteiger partial charge in [-0.3, -0.25) is 0 Å². The number of benzene rings is 1. The smallest absolute Gasteiger partial charge is 0.123 e. The molecule has 0 bridgehead atoms. The van der Waals surface area contributed by atoms with Crippen molar-refractivity contribution in [3.05, 3.63) is 67.8 Å². The van der Waals surface area contributed by atoms with Crippen LogP contribution in [0.15, 0.2) is 40.4 Å². The van der Waals surface area contributed by atoms with Gasteiger partial charge in [0.15, 0.2) is 0 Å². The molecule has 3 nitrogen and oxygen atoms in total. The molecule has 2 atom stereocenters. The van der Waals surface area contributed by atoms with Crippen molar-refractivity contribution in [3.8, 4) is 5.75 Å². The molecule has 0 saturated heterocycles. The van der Waals surface area contributed by atoms with Gasteiger partial charge in [-0.05, 0) is 59.9 Å². The summed E-state index contributed by atoms with van der Waals surface area (Å²) in [5.74, 6) is 1.04. The minimum absolute atomic E-state index is 0.247. The molecule has 4 rings (SSSR count). The number of fused-ring (bicyclic) bond motifs is 1. The molecule has 25 heavy (non-hydrogen) atoms. The van der Waals surface area contributed by atoms with Gasteiger partial charge < -0.3 is 10.1 Å². The molecule has 130 valence electrons. The molecule has 0 unspecified atom stereocenters. The maximum atomic E-state index is 5.80. The Bertz CT molecular complexity index is 841. The van der Waals surface area contributed by atoms with E-state index in [1.54, 1.807) is 22.7 Å². The Balaban J connectivity index is 1.48. The molecule has 0 amide bonds. The van der Waals surface area contributed by atoms with E-state index < -0.39 is 0 Å². The van der Waals surface area contributed by atoms with Crippen molar-refractivity contribution in [3.63, 3.8) is 0 Å². The van der Waals surface area contributed by atoms with Crippen LogP contribution in [-0.2, 0) is 19.4 Å². The third-order valence-corrected chi connectivity index (χ3v) is 6.28. The molecule has 5 heteroatoms. The summed E-state index contributed by atoms with van der Waals surface area (Å²) in [5.41, 5.74) is 5.10. The fourth-order valence-corrected chi connectivity index (χ4v) is 4.80. The average Bonchev–Trinajstić information content (AvgIpc) is 3.31. The minimum atomic E-state index is 0.247. The minimum Gasteiger partial charge on any atom is -0.490 e. The third-order valence-electron chi connectivity index (χ3n) is 4.47. The standard InChI is InChI=1S/C20H22N2OS2/c1-13-11-25-20(22-13)18(9-16-5-6-24-12-16)21-10-15-3-4-19-17(8-15)7-14(2)23-19/h3-6,8,11-12,14,18,21H,7,9-10H2,1-2H3/t14-,18-/m0/s1. The Labute approximate surface area is 156 Å². The Morgan fingerprint density at radius 1 is 1.28 bits per heavy atom. The Morgan fingerprint density at radius 2 is 2.20 bits per heavy atom. The van der Waals surface area contributed by atoms with Gasteiger partial charge in [0.2, 0.25) is 0 Å². The van der Waals surface area contributed by atoms with Crippen LogP contribution in [0.3, 0.4) is 0 Å². The van der Waals surface area contributed by atoms with Crippen LogP contribution in [0, 0.1) is 6.92 Å². The number of rotatable bonds is 6. The molecular weight excluding hydrogens is 348 g/mol. The predicted octanol–water partition coefficient (Wildman–Crippen LogP) is 4.91. The van der Waals surface area contributed by atoms with Gasteiger partial charge in [-0.1, -0.05) is 12.1 Å². The van der Waals surface area contributed by atoms with E-state index in [0.717, 1.165) is 30.8 Å². The SMILES string of the molecule is Cc1csc([C@H](Cc2ccsc2)NCc2ccc3c(c2)C[C@H](C)O3)n1. The van der Waals surface area contributed by atoms with Gasteiger partial charge in [-0.15, -0.1) is 11.3 Å². The van der Waals surface area contributed by atoms with Gasteiger partial charge in [0.05, 0.1) is 6.04 Å². The molecule has 1 aromatic carbocycles. The summed E-state index contributed by atoms with van der Waals surface area (Å²) in [6, 6.07) is 9.00. The van der Waals surface area contributed by atoms with Crippen molar-refractivity contribution < 1.29 is 4.74 Å². The molecule has 2 aromatic heterocycles. The molecule has 0 fully saturated rings. The first-order valence-corrected chi connectivity index (χ1v) is 10.4.